The van der Waals surface area contributed by atoms with Gasteiger partial charge >= 0.3 is 0 Å². The van der Waals surface area contributed by atoms with Crippen LogP contribution in [0, 0.1) is 16.7 Å². The Morgan fingerprint density at radius 2 is 2.10 bits per heavy atom. The van der Waals surface area contributed by atoms with Gasteiger partial charge in [-0.1, -0.05) is 12.1 Å². The number of nitrogens with one attached hydrogen (secondary N) is 1. The summed E-state index contributed by atoms with van der Waals surface area (Å²) in [5, 5.41) is 18.8. The molecule has 3 rings (SSSR count). The van der Waals surface area contributed by atoms with Crippen molar-refractivity contribution in [2.75, 3.05) is 12.9 Å². The Kier molecular flexibility index (Phi) is 3.72. The van der Waals surface area contributed by atoms with E-state index >= 15 is 0 Å². The normalized spacial score (nSPS) is 13.3. The van der Waals surface area contributed by atoms with Crippen molar-refractivity contribution in [1.29, 1.82) is 10.7 Å². The molecule has 1 aromatic carbocycles. The van der Waals surface area contributed by atoms with Gasteiger partial charge in [0.15, 0.2) is 0 Å². The number of thioether (sulfide) groups is 1. The van der Waals surface area contributed by atoms with Crippen LogP contribution in [0.1, 0.15) is 12.0 Å². The van der Waals surface area contributed by atoms with Crippen molar-refractivity contribution in [3.8, 4) is 22.9 Å². The summed E-state index contributed by atoms with van der Waals surface area (Å²) in [6.45, 7) is 0.818. The number of nitriles is 1. The van der Waals surface area contributed by atoms with E-state index in [1.165, 1.54) is 0 Å². The predicted octanol–water partition coefficient (Wildman–Crippen LogP) is 3.01. The zero-order valence-corrected chi connectivity index (χ0v) is 12.5. The molecule has 0 unspecified atom stereocenters. The van der Waals surface area contributed by atoms with Gasteiger partial charge in [0.25, 0.3) is 0 Å². The Morgan fingerprint density at radius 3 is 2.76 bits per heavy atom. The molecule has 0 saturated carbocycles. The number of hydrogen-bond acceptors (Lipinski definition) is 4. The number of rotatable bonds is 2. The van der Waals surface area contributed by atoms with Gasteiger partial charge in [-0.25, -0.2) is 0 Å². The monoisotopic (exact) mass is 297 g/mol. The fraction of sp³-hybridized carbons (Fsp3) is 0.250. The number of methoxy groups -OCH3 is 1. The predicted molar refractivity (Wildman–Crippen MR) is 82.3 cm³/mol. The minimum atomic E-state index is 0.313. The zero-order valence-electron chi connectivity index (χ0n) is 11.7. The van der Waals surface area contributed by atoms with Crippen LogP contribution in [-0.4, -0.2) is 17.4 Å². The zero-order chi connectivity index (χ0) is 14.8. The van der Waals surface area contributed by atoms with Crippen LogP contribution in [0.25, 0.3) is 11.1 Å². The van der Waals surface area contributed by atoms with Crippen molar-refractivity contribution in [1.82, 2.24) is 4.57 Å². The van der Waals surface area contributed by atoms with Crippen molar-refractivity contribution in [2.45, 2.75) is 18.0 Å². The molecule has 1 aromatic heterocycles. The first-order chi connectivity index (χ1) is 10.2. The topological polar surface area (TPSA) is 61.8 Å². The molecule has 1 aliphatic rings. The number of aromatic nitrogens is 1. The Bertz CT molecular complexity index is 772. The van der Waals surface area contributed by atoms with E-state index in [0.29, 0.717) is 11.1 Å². The fourth-order valence-corrected chi connectivity index (χ4v) is 3.52. The highest BCUT2D eigenvalue weighted by molar-refractivity contribution is 7.99. The first kappa shape index (κ1) is 13.8. The van der Waals surface area contributed by atoms with Crippen molar-refractivity contribution in [3.05, 3.63) is 41.4 Å². The lowest BCUT2D eigenvalue weighted by molar-refractivity contribution is 0.415. The largest absolute Gasteiger partial charge is 0.497 e. The maximum Gasteiger partial charge on any atom is 0.144 e. The number of benzene rings is 1. The fourth-order valence-electron chi connectivity index (χ4n) is 2.50. The SMILES string of the molecule is COc1ccc(-c2cc3n(c(=N)c2C#N)CCCS3)cc1. The summed E-state index contributed by atoms with van der Waals surface area (Å²) in [6.07, 6.45) is 1.04. The van der Waals surface area contributed by atoms with Crippen LogP contribution in [0.4, 0.5) is 0 Å². The van der Waals surface area contributed by atoms with Gasteiger partial charge in [-0.15, -0.1) is 11.8 Å². The van der Waals surface area contributed by atoms with Gasteiger partial charge in [-0.3, -0.25) is 5.41 Å². The van der Waals surface area contributed by atoms with Crippen LogP contribution >= 0.6 is 11.8 Å². The van der Waals surface area contributed by atoms with E-state index in [-0.39, 0.29) is 0 Å². The van der Waals surface area contributed by atoms with Gasteiger partial charge in [-0.2, -0.15) is 5.26 Å². The first-order valence-electron chi connectivity index (χ1n) is 6.74. The van der Waals surface area contributed by atoms with Crippen molar-refractivity contribution < 1.29 is 4.74 Å². The highest BCUT2D eigenvalue weighted by atomic mass is 32.2. The molecule has 0 spiro atoms. The van der Waals surface area contributed by atoms with E-state index in [9.17, 15) is 5.26 Å². The van der Waals surface area contributed by atoms with E-state index in [4.69, 9.17) is 10.1 Å². The molecular formula is C16H15N3OS. The Balaban J connectivity index is 2.19. The third-order valence-electron chi connectivity index (χ3n) is 3.60. The average molecular weight is 297 g/mol. The van der Waals surface area contributed by atoms with E-state index < -0.39 is 0 Å². The second-order valence-corrected chi connectivity index (χ2v) is 5.93. The molecule has 0 radical (unpaired) electrons. The minimum absolute atomic E-state index is 0.313. The Labute approximate surface area is 127 Å². The summed E-state index contributed by atoms with van der Waals surface area (Å²) in [6, 6.07) is 11.8. The summed E-state index contributed by atoms with van der Waals surface area (Å²) >= 11 is 1.75. The molecule has 2 heterocycles. The van der Waals surface area contributed by atoms with Crippen LogP contribution in [0.15, 0.2) is 35.4 Å². The van der Waals surface area contributed by atoms with Gasteiger partial charge in [0.05, 0.1) is 12.1 Å². The van der Waals surface area contributed by atoms with Crippen LogP contribution in [-0.2, 0) is 6.54 Å². The van der Waals surface area contributed by atoms with Gasteiger partial charge in [0, 0.05) is 17.9 Å². The van der Waals surface area contributed by atoms with Gasteiger partial charge < -0.3 is 9.30 Å². The smallest absolute Gasteiger partial charge is 0.144 e. The third-order valence-corrected chi connectivity index (χ3v) is 4.73. The maximum absolute atomic E-state index is 9.45. The van der Waals surface area contributed by atoms with E-state index in [1.54, 1.807) is 18.9 Å². The molecule has 21 heavy (non-hydrogen) atoms. The Hall–Kier alpha value is -2.19. The van der Waals surface area contributed by atoms with Crippen molar-refractivity contribution >= 4 is 11.8 Å². The summed E-state index contributed by atoms with van der Waals surface area (Å²) < 4.78 is 7.10. The highest BCUT2D eigenvalue weighted by Crippen LogP contribution is 2.30. The van der Waals surface area contributed by atoms with Gasteiger partial charge in [0.1, 0.15) is 22.9 Å². The quantitative estimate of drug-likeness (QED) is 0.927. The first-order valence-corrected chi connectivity index (χ1v) is 7.73. The van der Waals surface area contributed by atoms with Crippen molar-refractivity contribution in [2.24, 2.45) is 0 Å². The van der Waals surface area contributed by atoms with Crippen LogP contribution in [0.3, 0.4) is 0 Å². The lowest BCUT2D eigenvalue weighted by Gasteiger charge is -2.20. The lowest BCUT2D eigenvalue weighted by atomic mass is 10.0. The molecule has 1 aliphatic heterocycles. The summed E-state index contributed by atoms with van der Waals surface area (Å²) in [7, 11) is 1.63. The maximum atomic E-state index is 9.45. The average Bonchev–Trinajstić information content (AvgIpc) is 2.55. The van der Waals surface area contributed by atoms with Crippen LogP contribution in [0.5, 0.6) is 5.75 Å². The highest BCUT2D eigenvalue weighted by Gasteiger charge is 2.16. The molecular weight excluding hydrogens is 282 g/mol. The van der Waals surface area contributed by atoms with Crippen molar-refractivity contribution in [3.63, 3.8) is 0 Å². The number of nitrogens with zero attached hydrogens (tertiary/aromatic N) is 2. The summed E-state index contributed by atoms with van der Waals surface area (Å²) in [5.74, 6) is 1.85. The molecule has 0 amide bonds. The minimum Gasteiger partial charge on any atom is -0.497 e. The van der Waals surface area contributed by atoms with Gasteiger partial charge in [0.2, 0.25) is 0 Å². The lowest BCUT2D eigenvalue weighted by Crippen LogP contribution is -2.27. The summed E-state index contributed by atoms with van der Waals surface area (Å²) in [4.78, 5) is 0. The standard InChI is InChI=1S/C16H15N3OS/c1-20-12-5-3-11(4-6-12)13-9-15-19(7-2-8-21-15)16(18)14(13)10-17/h3-6,9,18H,2,7-8H2,1H3. The summed E-state index contributed by atoms with van der Waals surface area (Å²) in [5.41, 5.74) is 2.51. The van der Waals surface area contributed by atoms with Gasteiger partial charge in [-0.05, 0) is 30.2 Å². The number of ether oxygens (including phenoxy) is 1. The number of hydrogen-bond donors (Lipinski definition) is 1. The van der Waals surface area contributed by atoms with Crippen LogP contribution in [0.2, 0.25) is 0 Å². The molecule has 4 nitrogen and oxygen atoms in total. The second-order valence-electron chi connectivity index (χ2n) is 4.81. The molecule has 0 saturated heterocycles. The van der Waals surface area contributed by atoms with E-state index in [1.807, 2.05) is 34.9 Å². The Morgan fingerprint density at radius 1 is 1.33 bits per heavy atom. The molecule has 0 bridgehead atoms. The number of fused-ring (bicyclic) bond motifs is 1. The van der Waals surface area contributed by atoms with E-state index in [2.05, 4.69) is 6.07 Å². The second kappa shape index (κ2) is 5.66. The van der Waals surface area contributed by atoms with E-state index in [0.717, 1.165) is 40.6 Å². The third kappa shape index (κ3) is 2.43. The molecule has 0 aliphatic carbocycles. The molecule has 0 fully saturated rings. The molecule has 1 N–H and O–H groups in total. The molecule has 106 valence electrons. The molecule has 5 heteroatoms. The number of pyridine rings is 1. The molecule has 0 atom stereocenters. The molecule has 2 aromatic rings. The van der Waals surface area contributed by atoms with Crippen LogP contribution < -0.4 is 10.2 Å².